The summed E-state index contributed by atoms with van der Waals surface area (Å²) in [6.45, 7) is 4.27. The Morgan fingerprint density at radius 3 is 2.24 bits per heavy atom. The molecule has 8 heteroatoms. The highest BCUT2D eigenvalue weighted by Gasteiger charge is 2.25. The van der Waals surface area contributed by atoms with Crippen molar-refractivity contribution in [3.05, 3.63) is 83.9 Å². The number of rotatable bonds is 6. The molecule has 33 heavy (non-hydrogen) atoms. The third-order valence-electron chi connectivity index (χ3n) is 5.85. The van der Waals surface area contributed by atoms with Gasteiger partial charge in [-0.25, -0.2) is 8.42 Å². The average molecular weight is 466 g/mol. The zero-order chi connectivity index (χ0) is 23.4. The lowest BCUT2D eigenvalue weighted by molar-refractivity contribution is 0.0746. The number of methoxy groups -OCH3 is 1. The molecule has 0 saturated carbocycles. The number of nitrogens with one attached hydrogen (secondary N) is 1. The largest absolute Gasteiger partial charge is 0.495 e. The predicted octanol–water partition coefficient (Wildman–Crippen LogP) is 3.77. The molecule has 0 spiro atoms. The average Bonchev–Trinajstić information content (AvgIpc) is 2.85. The van der Waals surface area contributed by atoms with E-state index >= 15 is 0 Å². The molecule has 1 heterocycles. The van der Waals surface area contributed by atoms with Crippen LogP contribution in [0, 0.1) is 6.92 Å². The highest BCUT2D eigenvalue weighted by atomic mass is 32.2. The van der Waals surface area contributed by atoms with Crippen molar-refractivity contribution in [3.63, 3.8) is 0 Å². The summed E-state index contributed by atoms with van der Waals surface area (Å²) in [5.74, 6) is 0.708. The molecule has 1 fully saturated rings. The van der Waals surface area contributed by atoms with Gasteiger partial charge in [-0.05, 0) is 48.9 Å². The second-order valence-electron chi connectivity index (χ2n) is 7.85. The van der Waals surface area contributed by atoms with Crippen LogP contribution in [0.3, 0.4) is 0 Å². The summed E-state index contributed by atoms with van der Waals surface area (Å²) in [6, 6.07) is 21.1. The van der Waals surface area contributed by atoms with Crippen molar-refractivity contribution in [1.29, 1.82) is 0 Å². The molecule has 0 aromatic heterocycles. The van der Waals surface area contributed by atoms with Crippen LogP contribution in [0.15, 0.2) is 77.7 Å². The van der Waals surface area contributed by atoms with Gasteiger partial charge in [-0.3, -0.25) is 9.52 Å². The van der Waals surface area contributed by atoms with Crippen LogP contribution in [0.5, 0.6) is 5.75 Å². The number of hydrogen-bond donors (Lipinski definition) is 1. The van der Waals surface area contributed by atoms with Gasteiger partial charge in [0.05, 0.1) is 23.4 Å². The number of carbonyl (C=O) groups excluding carboxylic acids is 1. The van der Waals surface area contributed by atoms with Crippen molar-refractivity contribution < 1.29 is 17.9 Å². The predicted molar refractivity (Wildman–Crippen MR) is 130 cm³/mol. The lowest BCUT2D eigenvalue weighted by Crippen LogP contribution is -2.49. The van der Waals surface area contributed by atoms with E-state index in [9.17, 15) is 13.2 Å². The lowest BCUT2D eigenvalue weighted by atomic mass is 10.1. The molecule has 1 aliphatic rings. The molecular weight excluding hydrogens is 438 g/mol. The summed E-state index contributed by atoms with van der Waals surface area (Å²) in [5, 5.41) is 0. The third kappa shape index (κ3) is 4.80. The number of piperazine rings is 1. The molecular formula is C25H27N3O4S. The number of ether oxygens (including phenoxy) is 1. The summed E-state index contributed by atoms with van der Waals surface area (Å²) < 4.78 is 33.6. The highest BCUT2D eigenvalue weighted by Crippen LogP contribution is 2.29. The van der Waals surface area contributed by atoms with E-state index in [1.54, 1.807) is 50.4 Å². The van der Waals surface area contributed by atoms with Crippen molar-refractivity contribution in [2.45, 2.75) is 11.8 Å². The minimum Gasteiger partial charge on any atom is -0.495 e. The van der Waals surface area contributed by atoms with Crippen molar-refractivity contribution in [2.75, 3.05) is 42.9 Å². The number of anilines is 2. The van der Waals surface area contributed by atoms with Crippen LogP contribution in [0.1, 0.15) is 15.9 Å². The van der Waals surface area contributed by atoms with E-state index in [1.165, 1.54) is 12.1 Å². The fourth-order valence-corrected chi connectivity index (χ4v) is 5.14. The van der Waals surface area contributed by atoms with Gasteiger partial charge in [0.15, 0.2) is 0 Å². The summed E-state index contributed by atoms with van der Waals surface area (Å²) in [7, 11) is -2.09. The Morgan fingerprint density at radius 1 is 0.879 bits per heavy atom. The van der Waals surface area contributed by atoms with E-state index < -0.39 is 10.0 Å². The van der Waals surface area contributed by atoms with E-state index in [0.717, 1.165) is 11.4 Å². The van der Waals surface area contributed by atoms with Crippen LogP contribution in [0.25, 0.3) is 0 Å². The Morgan fingerprint density at radius 2 is 1.55 bits per heavy atom. The number of sulfonamides is 1. The van der Waals surface area contributed by atoms with E-state index in [0.29, 0.717) is 43.0 Å². The molecule has 3 aromatic rings. The number of hydrogen-bond acceptors (Lipinski definition) is 5. The van der Waals surface area contributed by atoms with Crippen LogP contribution in [0.2, 0.25) is 0 Å². The molecule has 7 nitrogen and oxygen atoms in total. The number of para-hydroxylation sites is 2. The molecule has 1 saturated heterocycles. The molecule has 1 aliphatic heterocycles. The minimum absolute atomic E-state index is 0.104. The zero-order valence-electron chi connectivity index (χ0n) is 18.7. The Balaban J connectivity index is 1.48. The molecule has 0 atom stereocenters. The standard InChI is InChI=1S/C25H27N3O4S/c1-19-21(11-8-12-22(19)26-33(30,31)20-9-4-3-5-10-20)25(29)28-17-15-27(16-18-28)23-13-6-7-14-24(23)32-2/h3-14,26H,15-18H2,1-2H3. The fraction of sp³-hybridized carbons (Fsp3) is 0.240. The van der Waals surface area contributed by atoms with E-state index in [1.807, 2.05) is 29.2 Å². The molecule has 1 amide bonds. The summed E-state index contributed by atoms with van der Waals surface area (Å²) in [4.78, 5) is 17.5. The molecule has 0 radical (unpaired) electrons. The highest BCUT2D eigenvalue weighted by molar-refractivity contribution is 7.92. The molecule has 0 aliphatic carbocycles. The number of amides is 1. The van der Waals surface area contributed by atoms with Crippen LogP contribution in [-0.4, -0.2) is 52.5 Å². The monoisotopic (exact) mass is 465 g/mol. The summed E-state index contributed by atoms with van der Waals surface area (Å²) >= 11 is 0. The topological polar surface area (TPSA) is 79.0 Å². The smallest absolute Gasteiger partial charge is 0.261 e. The van der Waals surface area contributed by atoms with Crippen molar-refractivity contribution in [3.8, 4) is 5.75 Å². The van der Waals surface area contributed by atoms with Gasteiger partial charge >= 0.3 is 0 Å². The first-order chi connectivity index (χ1) is 15.9. The maximum Gasteiger partial charge on any atom is 0.261 e. The minimum atomic E-state index is -3.74. The van der Waals surface area contributed by atoms with E-state index in [2.05, 4.69) is 9.62 Å². The SMILES string of the molecule is COc1ccccc1N1CCN(C(=O)c2cccc(NS(=O)(=O)c3ccccc3)c2C)CC1. The molecule has 3 aromatic carbocycles. The second kappa shape index (κ2) is 9.54. The Hall–Kier alpha value is -3.52. The van der Waals surface area contributed by atoms with Gasteiger partial charge in [0.1, 0.15) is 5.75 Å². The van der Waals surface area contributed by atoms with Gasteiger partial charge in [0.25, 0.3) is 15.9 Å². The lowest BCUT2D eigenvalue weighted by Gasteiger charge is -2.37. The van der Waals surface area contributed by atoms with Crippen LogP contribution in [0.4, 0.5) is 11.4 Å². The first kappa shape index (κ1) is 22.7. The normalized spacial score (nSPS) is 14.1. The van der Waals surface area contributed by atoms with Gasteiger partial charge < -0.3 is 14.5 Å². The first-order valence-corrected chi connectivity index (χ1v) is 12.2. The van der Waals surface area contributed by atoms with E-state index in [4.69, 9.17) is 4.74 Å². The number of nitrogens with zero attached hydrogens (tertiary/aromatic N) is 2. The third-order valence-corrected chi connectivity index (χ3v) is 7.24. The number of benzene rings is 3. The summed E-state index contributed by atoms with van der Waals surface area (Å²) in [6.07, 6.45) is 0. The van der Waals surface area contributed by atoms with Crippen LogP contribution in [-0.2, 0) is 10.0 Å². The quantitative estimate of drug-likeness (QED) is 0.600. The molecule has 0 bridgehead atoms. The summed E-state index contributed by atoms with van der Waals surface area (Å²) in [5.41, 5.74) is 2.51. The fourth-order valence-electron chi connectivity index (χ4n) is 3.99. The first-order valence-electron chi connectivity index (χ1n) is 10.8. The van der Waals surface area contributed by atoms with Crippen molar-refractivity contribution in [1.82, 2.24) is 4.90 Å². The Bertz CT molecular complexity index is 1240. The Kier molecular flexibility index (Phi) is 6.55. The zero-order valence-corrected chi connectivity index (χ0v) is 19.5. The van der Waals surface area contributed by atoms with Gasteiger partial charge in [-0.1, -0.05) is 36.4 Å². The van der Waals surface area contributed by atoms with Crippen molar-refractivity contribution in [2.24, 2.45) is 0 Å². The maximum absolute atomic E-state index is 13.3. The van der Waals surface area contributed by atoms with Gasteiger partial charge in [-0.2, -0.15) is 0 Å². The van der Waals surface area contributed by atoms with Crippen LogP contribution < -0.4 is 14.4 Å². The Labute approximate surface area is 194 Å². The number of carbonyl (C=O) groups is 1. The van der Waals surface area contributed by atoms with E-state index in [-0.39, 0.29) is 10.8 Å². The maximum atomic E-state index is 13.3. The van der Waals surface area contributed by atoms with Crippen molar-refractivity contribution >= 4 is 27.3 Å². The van der Waals surface area contributed by atoms with Gasteiger partial charge in [-0.15, -0.1) is 0 Å². The van der Waals surface area contributed by atoms with Crippen LogP contribution >= 0.6 is 0 Å². The molecule has 1 N–H and O–H groups in total. The van der Waals surface area contributed by atoms with Gasteiger partial charge in [0, 0.05) is 31.7 Å². The molecule has 4 rings (SSSR count). The van der Waals surface area contributed by atoms with Gasteiger partial charge in [0.2, 0.25) is 0 Å². The molecule has 0 unspecified atom stereocenters. The second-order valence-corrected chi connectivity index (χ2v) is 9.53. The molecule has 172 valence electrons.